The average Bonchev–Trinajstić information content (AvgIpc) is 4.05. The number of phenolic OH excluding ortho intramolecular Hbond substituents is 1. The number of rotatable bonds is 24. The second-order valence-electron chi connectivity index (χ2n) is 19.7. The number of ether oxygens (including phenoxy) is 1. The zero-order valence-electron chi connectivity index (χ0n) is 42.1. The third-order valence-electron chi connectivity index (χ3n) is 13.2. The van der Waals surface area contributed by atoms with Crippen LogP contribution in [0.2, 0.25) is 0 Å². The van der Waals surface area contributed by atoms with Gasteiger partial charge in [-0.2, -0.15) is 0 Å². The lowest BCUT2D eigenvalue weighted by Gasteiger charge is -2.30. The number of nitrogens with two attached hydrogens (primary N) is 1. The number of amides is 8. The van der Waals surface area contributed by atoms with E-state index < -0.39 is 29.9 Å². The molecule has 0 fully saturated rings. The molecule has 394 valence electrons. The molecule has 2 aliphatic rings. The zero-order valence-corrected chi connectivity index (χ0v) is 43.6. The van der Waals surface area contributed by atoms with Gasteiger partial charge in [0.2, 0.25) is 17.7 Å². The van der Waals surface area contributed by atoms with E-state index in [1.54, 1.807) is 36.9 Å². The maximum absolute atomic E-state index is 14.0. The van der Waals surface area contributed by atoms with Crippen molar-refractivity contribution in [1.29, 1.82) is 0 Å². The maximum atomic E-state index is 14.0. The number of nitrogens with one attached hydrogen (secondary N) is 5. The van der Waals surface area contributed by atoms with Gasteiger partial charge in [-0.25, -0.2) is 4.79 Å². The Labute approximate surface area is 441 Å². The fourth-order valence-electron chi connectivity index (χ4n) is 9.33. The molecule has 4 aromatic carbocycles. The van der Waals surface area contributed by atoms with Crippen molar-refractivity contribution in [3.05, 3.63) is 108 Å². The number of unbranched alkanes of at least 4 members (excludes halogenated alkanes) is 2. The van der Waals surface area contributed by atoms with Crippen molar-refractivity contribution in [2.75, 3.05) is 63.0 Å². The number of benzene rings is 4. The minimum absolute atomic E-state index is 0. The monoisotopic (exact) mass is 1050 g/mol. The Morgan fingerprint density at radius 1 is 0.892 bits per heavy atom. The molecule has 1 aromatic heterocycles. The number of hydrogen-bond acceptors (Lipinski definition) is 9. The lowest BCUT2D eigenvalue weighted by atomic mass is 9.95. The summed E-state index contributed by atoms with van der Waals surface area (Å²) >= 11 is 6.42. The van der Waals surface area contributed by atoms with E-state index in [1.165, 1.54) is 12.2 Å². The number of fused-ring (bicyclic) bond motifs is 4. The molecule has 3 atom stereocenters. The molecular weight excluding hydrogens is 990 g/mol. The smallest absolute Gasteiger partial charge is 0.312 e. The Morgan fingerprint density at radius 2 is 1.61 bits per heavy atom. The van der Waals surface area contributed by atoms with Crippen LogP contribution in [0.25, 0.3) is 21.7 Å². The summed E-state index contributed by atoms with van der Waals surface area (Å²) in [6.45, 7) is 6.17. The predicted octanol–water partition coefficient (Wildman–Crippen LogP) is 3.17. The van der Waals surface area contributed by atoms with Gasteiger partial charge < -0.3 is 63.6 Å². The Hall–Kier alpha value is -7.15. The summed E-state index contributed by atoms with van der Waals surface area (Å²) in [5.41, 5.74) is 9.58. The number of carbonyl (C=O) groups excluding carboxylic acids is 7. The van der Waals surface area contributed by atoms with Gasteiger partial charge in [-0.1, -0.05) is 56.7 Å². The van der Waals surface area contributed by atoms with Crippen LogP contribution in [-0.4, -0.2) is 126 Å². The number of halogens is 2. The molecule has 5 aromatic rings. The molecule has 3 unspecified atom stereocenters. The number of imide groups is 1. The molecule has 2 aliphatic heterocycles. The fourth-order valence-corrected chi connectivity index (χ4v) is 9.58. The Balaban J connectivity index is 0.00000892. The third-order valence-corrected chi connectivity index (χ3v) is 13.6. The summed E-state index contributed by atoms with van der Waals surface area (Å²) in [5.74, 6) is -1.54. The predicted molar refractivity (Wildman–Crippen MR) is 280 cm³/mol. The van der Waals surface area contributed by atoms with Crippen molar-refractivity contribution >= 4 is 86.1 Å². The van der Waals surface area contributed by atoms with Gasteiger partial charge in [0.05, 0.1) is 19.8 Å². The third kappa shape index (κ3) is 14.1. The molecule has 3 heterocycles. The van der Waals surface area contributed by atoms with Gasteiger partial charge in [-0.3, -0.25) is 33.7 Å². The van der Waals surface area contributed by atoms with Crippen molar-refractivity contribution in [3.8, 4) is 11.5 Å². The molecular formula is C54H65Cl2N9O9. The Morgan fingerprint density at radius 3 is 2.30 bits per heavy atom. The number of primary amides is 1. The quantitative estimate of drug-likeness (QED) is 0.0208. The molecule has 0 aliphatic carbocycles. The van der Waals surface area contributed by atoms with Gasteiger partial charge in [-0.15, -0.1) is 11.6 Å². The lowest BCUT2D eigenvalue weighted by Crippen LogP contribution is -3.00. The van der Waals surface area contributed by atoms with E-state index in [-0.39, 0.29) is 79.6 Å². The highest BCUT2D eigenvalue weighted by Crippen LogP contribution is 2.45. The molecule has 8 amide bonds. The largest absolute Gasteiger partial charge is 1.00 e. The maximum Gasteiger partial charge on any atom is 0.312 e. The van der Waals surface area contributed by atoms with E-state index >= 15 is 0 Å². The van der Waals surface area contributed by atoms with E-state index in [2.05, 4.69) is 40.3 Å². The molecule has 8 N–H and O–H groups in total. The van der Waals surface area contributed by atoms with Crippen molar-refractivity contribution in [2.24, 2.45) is 11.7 Å². The number of phenols is 1. The summed E-state index contributed by atoms with van der Waals surface area (Å²) in [5, 5.41) is 24.3. The first-order valence-electron chi connectivity index (χ1n) is 24.7. The molecule has 0 saturated heterocycles. The average molecular weight is 1060 g/mol. The topological polar surface area (TPSA) is 245 Å². The number of hydrogen-bond donors (Lipinski definition) is 7. The highest BCUT2D eigenvalue weighted by atomic mass is 35.5. The highest BCUT2D eigenvalue weighted by molar-refractivity contribution is 6.19. The van der Waals surface area contributed by atoms with Crippen molar-refractivity contribution < 1.29 is 60.3 Å². The van der Waals surface area contributed by atoms with Crippen molar-refractivity contribution in [1.82, 2.24) is 25.8 Å². The van der Waals surface area contributed by atoms with E-state index in [0.29, 0.717) is 85.1 Å². The number of urea groups is 1. The summed E-state index contributed by atoms with van der Waals surface area (Å²) < 4.78 is 6.81. The van der Waals surface area contributed by atoms with Gasteiger partial charge in [0.25, 0.3) is 17.7 Å². The van der Waals surface area contributed by atoms with Crippen LogP contribution in [0.15, 0.2) is 91.0 Å². The molecule has 74 heavy (non-hydrogen) atoms. The van der Waals surface area contributed by atoms with E-state index in [4.69, 9.17) is 22.1 Å². The zero-order chi connectivity index (χ0) is 52.4. The van der Waals surface area contributed by atoms with Crippen LogP contribution < -0.4 is 49.0 Å². The molecule has 20 heteroatoms. The number of aromatic nitrogens is 1. The van der Waals surface area contributed by atoms with Crippen LogP contribution in [0.4, 0.5) is 16.2 Å². The minimum Gasteiger partial charge on any atom is -1.00 e. The fraction of sp³-hybridized carbons (Fsp3) is 0.389. The standard InChI is InChI=1S/C54H64ClN9O9.ClH/c1-33(2)50(61-46(66)14-6-5-9-24-62-47(67)21-22-48(62)68)52(70)60-42(13-10-23-57-54(56)72)51(69)58-37-17-15-34(16-18-37)32-64(3,4)25-26-73-38-19-20-41-35(27-38)28-43(59-41)53(71)63-31-36(30-55)49-40-12-8-7-11-39(40)45(65)29-44(49)63;/h7-8,11-12,15-22,27-29,33,36,42,50H,5-6,9-10,13-14,23-26,30-32H2,1-4H3,(H7-,56,57,58,59,60,61,65,66,69,70,71,72);1H. The molecule has 18 nitrogen and oxygen atoms in total. The summed E-state index contributed by atoms with van der Waals surface area (Å²) in [6, 6.07) is 21.5. The first-order chi connectivity index (χ1) is 34.9. The molecule has 0 bridgehead atoms. The number of alkyl halides is 1. The Kier molecular flexibility index (Phi) is 19.1. The van der Waals surface area contributed by atoms with Crippen LogP contribution in [0.5, 0.6) is 11.5 Å². The van der Waals surface area contributed by atoms with Crippen molar-refractivity contribution in [2.45, 2.75) is 76.9 Å². The second kappa shape index (κ2) is 25.2. The van der Waals surface area contributed by atoms with Crippen LogP contribution in [0.3, 0.4) is 0 Å². The Bertz CT molecular complexity index is 2890. The van der Waals surface area contributed by atoms with E-state index in [9.17, 15) is 38.7 Å². The number of quaternary nitrogens is 1. The SMILES string of the molecule is CC(C)C(NC(=O)CCCCCN1C(=O)C=CC1=O)C(=O)NC(CCCNC(N)=O)C(=O)Nc1ccc(C[N+](C)(C)CCOc2ccc3[nH]c(C(=O)N4CC(CCl)c5c4cc(O)c4ccccc54)cc3c2)cc1.[Cl-]. The van der Waals surface area contributed by atoms with Crippen molar-refractivity contribution in [3.63, 3.8) is 0 Å². The summed E-state index contributed by atoms with van der Waals surface area (Å²) in [6.07, 6.45) is 4.74. The van der Waals surface area contributed by atoms with Gasteiger partial charge in [0, 0.05) is 83.6 Å². The minimum atomic E-state index is -1.00. The number of H-pyrrole nitrogens is 1. The van der Waals surface area contributed by atoms with Crippen LogP contribution >= 0.6 is 11.6 Å². The van der Waals surface area contributed by atoms with Gasteiger partial charge in [-0.05, 0) is 78.9 Å². The van der Waals surface area contributed by atoms with Crippen LogP contribution in [0, 0.1) is 5.92 Å². The van der Waals surface area contributed by atoms with E-state index in [0.717, 1.165) is 37.7 Å². The molecule has 0 radical (unpaired) electrons. The number of carbonyl (C=O) groups is 7. The second-order valence-corrected chi connectivity index (χ2v) is 20.0. The molecule has 0 saturated carbocycles. The summed E-state index contributed by atoms with van der Waals surface area (Å²) in [7, 11) is 4.19. The number of likely N-dealkylation sites (N-methyl/N-ethyl adjacent to an activating group) is 1. The summed E-state index contributed by atoms with van der Waals surface area (Å²) in [4.78, 5) is 95.3. The van der Waals surface area contributed by atoms with Gasteiger partial charge in [0.15, 0.2) is 0 Å². The van der Waals surface area contributed by atoms with Gasteiger partial charge in [0.1, 0.15) is 49.0 Å². The molecule has 7 rings (SSSR count). The normalized spacial score (nSPS) is 15.0. The molecule has 0 spiro atoms. The van der Waals surface area contributed by atoms with Gasteiger partial charge >= 0.3 is 6.03 Å². The highest BCUT2D eigenvalue weighted by Gasteiger charge is 2.36. The first kappa shape index (κ1) is 56.2. The lowest BCUT2D eigenvalue weighted by molar-refractivity contribution is -0.903. The number of nitrogens with zero attached hydrogens (tertiary/aromatic N) is 3. The number of aromatic amines is 1. The first-order valence-corrected chi connectivity index (χ1v) is 25.2. The van der Waals surface area contributed by atoms with Crippen LogP contribution in [-0.2, 0) is 30.5 Å². The van der Waals surface area contributed by atoms with Crippen LogP contribution in [0.1, 0.15) is 79.9 Å². The van der Waals surface area contributed by atoms with E-state index in [1.807, 2.05) is 60.7 Å². The number of anilines is 2. The number of aromatic hydroxyl groups is 1.